The van der Waals surface area contributed by atoms with Crippen molar-refractivity contribution in [1.82, 2.24) is 60.6 Å². The van der Waals surface area contributed by atoms with Crippen LogP contribution in [0.5, 0.6) is 5.75 Å². The molecule has 0 unspecified atom stereocenters. The lowest BCUT2D eigenvalue weighted by Gasteiger charge is -2.29. The van der Waals surface area contributed by atoms with Gasteiger partial charge >= 0.3 is 6.09 Å². The third kappa shape index (κ3) is 13.0. The summed E-state index contributed by atoms with van der Waals surface area (Å²) < 4.78 is 6.26. The smallest absolute Gasteiger partial charge is 0.410 e. The van der Waals surface area contributed by atoms with E-state index in [2.05, 4.69) is 20.9 Å². The highest BCUT2D eigenvalue weighted by molar-refractivity contribution is 7.15. The highest BCUT2D eigenvalue weighted by Gasteiger charge is 2.48. The zero-order chi connectivity index (χ0) is 62.2. The zero-order valence-electron chi connectivity index (χ0n) is 47.2. The first kappa shape index (κ1) is 60.7. The molecular formula is C59H54N14O10S6. The number of aryl methyl sites for hydroxylation is 1. The molecule has 89 heavy (non-hydrogen) atoms. The molecule has 10 heterocycles. The Bertz CT molecular complexity index is 4170. The largest absolute Gasteiger partial charge is 0.508 e. The van der Waals surface area contributed by atoms with Crippen LogP contribution in [0.25, 0.3) is 43.4 Å². The van der Waals surface area contributed by atoms with Gasteiger partial charge < -0.3 is 52.2 Å². The number of aromatic nitrogens is 7. The number of ether oxygens (including phenoxy) is 1. The number of carbonyl (C=O) groups is 7. The number of aliphatic hydroxyl groups is 1. The number of phenolic OH excluding ortho intramolecular Hbond substituents is 1. The van der Waals surface area contributed by atoms with Crippen LogP contribution in [-0.2, 0) is 20.7 Å². The van der Waals surface area contributed by atoms with Crippen molar-refractivity contribution in [3.8, 4) is 49.1 Å². The van der Waals surface area contributed by atoms with Gasteiger partial charge in [-0.15, -0.1) is 68.0 Å². The Kier molecular flexibility index (Phi) is 17.6. The number of benzene rings is 2. The van der Waals surface area contributed by atoms with Gasteiger partial charge in [-0.05, 0) is 42.3 Å². The standard InChI is InChI=1S/C59H54N14O10S6/c1-27-43(83-59(82)72-16-14-62-15-17-72)21-73-47(27)57-70-41(26-88-57)55-66-37(22-86-55)46-32(12-13-34(63-46)54-67-38(23-87-54)49(61)78)52-68-39(24-84-52)50(79)64-35(20-44(60)76)56-71-45(28(2)89-56)42(75)19-33(48(77)30-6-4-3-5-7-30)53-69-40(25-85-53)51(80)65-36(58(73)81)18-29-8-10-31(74)11-9-29/h3-13,22-27,33,35-36,43,47-48,62,74,77H,14-21H2,1-2H3,(H2,60,76)(H2,61,78)(H,64,79)(H,65,80)/t27-,33-,35-,36-,43-,47-,48+/m0/s1. The second-order valence-corrected chi connectivity index (χ2v) is 26.9. The molecule has 2 saturated heterocycles. The Morgan fingerprint density at radius 1 is 0.697 bits per heavy atom. The molecule has 456 valence electrons. The molecule has 0 saturated carbocycles. The van der Waals surface area contributed by atoms with Crippen molar-refractivity contribution in [2.24, 2.45) is 17.4 Å². The van der Waals surface area contributed by atoms with Crippen LogP contribution in [0.15, 0.2) is 93.6 Å². The first-order chi connectivity index (χ1) is 42.9. The number of ketones is 1. The minimum absolute atomic E-state index is 0.00848. The maximum atomic E-state index is 15.7. The van der Waals surface area contributed by atoms with Crippen molar-refractivity contribution in [2.75, 3.05) is 32.7 Å². The lowest BCUT2D eigenvalue weighted by molar-refractivity contribution is -0.134. The molecule has 12 rings (SSSR count). The van der Waals surface area contributed by atoms with Crippen molar-refractivity contribution in [2.45, 2.75) is 69.4 Å². The van der Waals surface area contributed by atoms with Crippen LogP contribution in [0.1, 0.15) is 117 Å². The SMILES string of the molecule is Cc1sc2nc1C(=O)C[C@@H]([C@H](O)c1ccccc1)c1nc(cs1)C(=O)N[C@@H](Cc1ccc(O)cc1)C(=O)N1C[C@H](OC(=O)N3CCNCC3)[C@H](C)[C@H]1c1nc(cs1)-c1nc(cs1)-c1nc(-c3nc(C(N)=O)cs3)ccc1-c1nc(cs1)C(=O)N[C@H]2CC(N)=O. The number of thiazole rings is 6. The minimum Gasteiger partial charge on any atom is -0.508 e. The number of nitrogens with one attached hydrogen (secondary N) is 3. The summed E-state index contributed by atoms with van der Waals surface area (Å²) in [5, 5.41) is 41.8. The average Bonchev–Trinajstić information content (AvgIpc) is 2.23. The maximum absolute atomic E-state index is 15.7. The van der Waals surface area contributed by atoms with Crippen LogP contribution >= 0.6 is 68.0 Å². The van der Waals surface area contributed by atoms with E-state index >= 15 is 4.79 Å². The number of nitrogens with two attached hydrogens (primary N) is 2. The molecule has 6 amide bonds. The molecule has 9 N–H and O–H groups in total. The quantitative estimate of drug-likeness (QED) is 0.0744. The fraction of sp³-hybridized carbons (Fsp3) is 0.288. The number of rotatable bonds is 9. The normalized spacial score (nSPS) is 20.3. The minimum atomic E-state index is -1.31. The number of nitrogens with zero attached hydrogens (tertiary/aromatic N) is 9. The molecular weight excluding hydrogens is 1260 g/mol. The number of aliphatic hydroxyl groups excluding tert-OH is 1. The number of amides is 6. The monoisotopic (exact) mass is 1310 g/mol. The van der Waals surface area contributed by atoms with Crippen molar-refractivity contribution in [3.63, 3.8) is 0 Å². The summed E-state index contributed by atoms with van der Waals surface area (Å²) in [5.41, 5.74) is 14.4. The van der Waals surface area contributed by atoms with Gasteiger partial charge in [0.05, 0.1) is 41.9 Å². The van der Waals surface area contributed by atoms with Gasteiger partial charge in [-0.1, -0.05) is 49.4 Å². The van der Waals surface area contributed by atoms with E-state index in [1.165, 1.54) is 56.9 Å². The van der Waals surface area contributed by atoms with E-state index in [0.29, 0.717) is 90.6 Å². The maximum Gasteiger partial charge on any atom is 0.410 e. The fourth-order valence-electron chi connectivity index (χ4n) is 10.7. The van der Waals surface area contributed by atoms with E-state index in [4.69, 9.17) is 46.1 Å². The number of Topliss-reactive ketones (excluding diaryl/α,β-unsaturated/α-hetero) is 1. The number of hydrogen-bond acceptors (Lipinski definition) is 24. The van der Waals surface area contributed by atoms with Gasteiger partial charge in [-0.2, -0.15) is 0 Å². The molecule has 30 heteroatoms. The molecule has 24 nitrogen and oxygen atoms in total. The highest BCUT2D eigenvalue weighted by Crippen LogP contribution is 2.44. The van der Waals surface area contributed by atoms with E-state index in [1.807, 2.05) is 12.3 Å². The molecule has 7 aromatic heterocycles. The molecule has 3 aliphatic heterocycles. The van der Waals surface area contributed by atoms with E-state index in [9.17, 15) is 39.0 Å². The van der Waals surface area contributed by atoms with Gasteiger partial charge in [0.25, 0.3) is 17.7 Å². The second-order valence-electron chi connectivity index (χ2n) is 21.3. The average molecular weight is 1310 g/mol. The Balaban J connectivity index is 0.973. The molecule has 3 aliphatic rings. The number of primary amides is 2. The van der Waals surface area contributed by atoms with Crippen LogP contribution in [0.3, 0.4) is 0 Å². The topological polar surface area (TPSA) is 354 Å². The molecule has 2 fully saturated rings. The van der Waals surface area contributed by atoms with Crippen LogP contribution in [0, 0.1) is 12.8 Å². The molecule has 2 aromatic carbocycles. The second kappa shape index (κ2) is 25.8. The van der Waals surface area contributed by atoms with Gasteiger partial charge in [-0.3, -0.25) is 28.8 Å². The molecule has 7 atom stereocenters. The highest BCUT2D eigenvalue weighted by atomic mass is 32.1. The molecule has 0 radical (unpaired) electrons. The van der Waals surface area contributed by atoms with Gasteiger partial charge in [-0.25, -0.2) is 39.7 Å². The number of aromatic hydroxyl groups is 1. The summed E-state index contributed by atoms with van der Waals surface area (Å²) in [5.74, 6) is -5.49. The van der Waals surface area contributed by atoms with E-state index in [-0.39, 0.29) is 64.3 Å². The van der Waals surface area contributed by atoms with Crippen molar-refractivity contribution >= 4 is 109 Å². The van der Waals surface area contributed by atoms with E-state index in [0.717, 1.165) is 34.0 Å². The third-order valence-electron chi connectivity index (χ3n) is 15.4. The van der Waals surface area contributed by atoms with Crippen LogP contribution in [-0.4, -0.2) is 141 Å². The van der Waals surface area contributed by atoms with Gasteiger partial charge in [0.1, 0.15) is 82.8 Å². The molecule has 10 bridgehead atoms. The molecule has 0 aliphatic carbocycles. The first-order valence-electron chi connectivity index (χ1n) is 27.9. The fourth-order valence-corrected chi connectivity index (χ4v) is 16.1. The Morgan fingerprint density at radius 3 is 2.09 bits per heavy atom. The van der Waals surface area contributed by atoms with Gasteiger partial charge in [0.2, 0.25) is 11.8 Å². The number of carbonyl (C=O) groups excluding carboxylic acids is 7. The number of pyridine rings is 1. The lowest BCUT2D eigenvalue weighted by Crippen LogP contribution is -2.50. The third-order valence-corrected chi connectivity index (χ3v) is 20.9. The summed E-state index contributed by atoms with van der Waals surface area (Å²) in [6, 6.07) is 15.2. The summed E-state index contributed by atoms with van der Waals surface area (Å²) in [6.07, 6.45) is -3.44. The zero-order valence-corrected chi connectivity index (χ0v) is 52.1. The summed E-state index contributed by atoms with van der Waals surface area (Å²) in [4.78, 5) is 135. The number of piperazine rings is 1. The van der Waals surface area contributed by atoms with Crippen molar-refractivity contribution in [3.05, 3.63) is 147 Å². The lowest BCUT2D eigenvalue weighted by atomic mass is 9.90. The van der Waals surface area contributed by atoms with Crippen LogP contribution in [0.2, 0.25) is 0 Å². The number of fused-ring (bicyclic) bond motifs is 16. The van der Waals surface area contributed by atoms with Crippen LogP contribution < -0.4 is 27.4 Å². The number of hydrogen-bond donors (Lipinski definition) is 7. The molecule has 0 spiro atoms. The Labute approximate surface area is 531 Å². The predicted molar refractivity (Wildman–Crippen MR) is 335 cm³/mol. The Morgan fingerprint density at radius 2 is 1.35 bits per heavy atom. The summed E-state index contributed by atoms with van der Waals surface area (Å²) in [7, 11) is 0. The van der Waals surface area contributed by atoms with Crippen molar-refractivity contribution in [1.29, 1.82) is 0 Å². The van der Waals surface area contributed by atoms with E-state index < -0.39 is 83.6 Å². The summed E-state index contributed by atoms with van der Waals surface area (Å²) in [6.45, 7) is 5.51. The van der Waals surface area contributed by atoms with E-state index in [1.54, 1.807) is 82.1 Å². The van der Waals surface area contributed by atoms with Crippen molar-refractivity contribution < 1.29 is 48.5 Å². The Hall–Kier alpha value is -8.62. The van der Waals surface area contributed by atoms with Gasteiger partial charge in [0, 0.05) is 88.2 Å². The summed E-state index contributed by atoms with van der Waals surface area (Å²) >= 11 is 6.99. The number of phenols is 1. The molecule has 9 aromatic rings. The predicted octanol–water partition coefficient (Wildman–Crippen LogP) is 7.32. The van der Waals surface area contributed by atoms with Gasteiger partial charge in [0.15, 0.2) is 5.78 Å². The first-order valence-corrected chi connectivity index (χ1v) is 33.1. The van der Waals surface area contributed by atoms with Crippen LogP contribution in [0.4, 0.5) is 4.79 Å².